The second kappa shape index (κ2) is 8.37. The van der Waals surface area contributed by atoms with Gasteiger partial charge in [0.25, 0.3) is 0 Å². The molecular formula is C19H18ClN3O3. The summed E-state index contributed by atoms with van der Waals surface area (Å²) < 4.78 is 5.30. The molecule has 26 heavy (non-hydrogen) atoms. The Bertz CT molecular complexity index is 890. The van der Waals surface area contributed by atoms with Crippen LogP contribution < -0.4 is 15.0 Å². The lowest BCUT2D eigenvalue weighted by molar-refractivity contribution is -0.120. The molecule has 2 aromatic carbocycles. The number of ether oxygens (including phenoxy) is 1. The number of methoxy groups -OCH3 is 1. The van der Waals surface area contributed by atoms with E-state index in [-0.39, 0.29) is 12.5 Å². The van der Waals surface area contributed by atoms with Gasteiger partial charge in [0.15, 0.2) is 0 Å². The number of benzene rings is 2. The minimum atomic E-state index is -0.433. The van der Waals surface area contributed by atoms with E-state index in [2.05, 4.69) is 5.32 Å². The standard InChI is InChI=1S/C19H18ClN3O3/c1-12-8-17(18(26-3)9-15(12)20)23(13(2)24)11-19(25)22-16-7-5-4-6-14(16)10-21/h4-9H,11H2,1-3H3,(H,22,25). The van der Waals surface area contributed by atoms with Crippen LogP contribution in [-0.4, -0.2) is 25.5 Å². The monoisotopic (exact) mass is 371 g/mol. The minimum absolute atomic E-state index is 0.230. The molecule has 0 saturated carbocycles. The number of nitriles is 1. The van der Waals surface area contributed by atoms with Crippen LogP contribution in [0.5, 0.6) is 5.75 Å². The van der Waals surface area contributed by atoms with E-state index in [1.165, 1.54) is 18.9 Å². The number of rotatable bonds is 5. The van der Waals surface area contributed by atoms with E-state index in [1.54, 1.807) is 43.3 Å². The number of anilines is 2. The van der Waals surface area contributed by atoms with Gasteiger partial charge < -0.3 is 10.1 Å². The SMILES string of the molecule is COc1cc(Cl)c(C)cc1N(CC(=O)Nc1ccccc1C#N)C(C)=O. The molecule has 0 bridgehead atoms. The zero-order valence-corrected chi connectivity index (χ0v) is 15.4. The van der Waals surface area contributed by atoms with Crippen LogP contribution in [0.4, 0.5) is 11.4 Å². The van der Waals surface area contributed by atoms with Crippen LogP contribution in [0, 0.1) is 18.3 Å². The predicted octanol–water partition coefficient (Wildman–Crippen LogP) is 3.52. The lowest BCUT2D eigenvalue weighted by Crippen LogP contribution is -2.37. The van der Waals surface area contributed by atoms with Gasteiger partial charge in [-0.15, -0.1) is 0 Å². The van der Waals surface area contributed by atoms with Crippen LogP contribution in [0.3, 0.4) is 0 Å². The lowest BCUT2D eigenvalue weighted by Gasteiger charge is -2.23. The quantitative estimate of drug-likeness (QED) is 0.871. The highest BCUT2D eigenvalue weighted by Gasteiger charge is 2.21. The van der Waals surface area contributed by atoms with Gasteiger partial charge >= 0.3 is 0 Å². The van der Waals surface area contributed by atoms with Crippen LogP contribution in [0.15, 0.2) is 36.4 Å². The van der Waals surface area contributed by atoms with E-state index in [0.717, 1.165) is 5.56 Å². The van der Waals surface area contributed by atoms with Gasteiger partial charge in [-0.3, -0.25) is 14.5 Å². The van der Waals surface area contributed by atoms with Crippen molar-refractivity contribution >= 4 is 34.8 Å². The third-order valence-electron chi connectivity index (χ3n) is 3.75. The minimum Gasteiger partial charge on any atom is -0.495 e. The summed E-state index contributed by atoms with van der Waals surface area (Å²) in [6, 6.07) is 12.0. The molecule has 2 amide bonds. The summed E-state index contributed by atoms with van der Waals surface area (Å²) in [4.78, 5) is 25.9. The fourth-order valence-electron chi connectivity index (χ4n) is 2.41. The predicted molar refractivity (Wildman–Crippen MR) is 101 cm³/mol. The third-order valence-corrected chi connectivity index (χ3v) is 4.16. The highest BCUT2D eigenvalue weighted by molar-refractivity contribution is 6.31. The largest absolute Gasteiger partial charge is 0.495 e. The van der Waals surface area contributed by atoms with E-state index in [1.807, 2.05) is 6.07 Å². The van der Waals surface area contributed by atoms with Crippen molar-refractivity contribution in [2.24, 2.45) is 0 Å². The van der Waals surface area contributed by atoms with E-state index in [9.17, 15) is 9.59 Å². The Balaban J connectivity index is 2.29. The maximum absolute atomic E-state index is 12.4. The molecule has 0 saturated heterocycles. The summed E-state index contributed by atoms with van der Waals surface area (Å²) in [5.41, 5.74) is 1.94. The number of hydrogen-bond donors (Lipinski definition) is 1. The molecule has 0 radical (unpaired) electrons. The summed E-state index contributed by atoms with van der Waals surface area (Å²) in [7, 11) is 1.46. The number of para-hydroxylation sites is 1. The summed E-state index contributed by atoms with van der Waals surface area (Å²) >= 11 is 6.10. The first-order valence-electron chi connectivity index (χ1n) is 7.78. The molecule has 0 aliphatic rings. The first kappa shape index (κ1) is 19.3. The van der Waals surface area contributed by atoms with Gasteiger partial charge in [-0.25, -0.2) is 0 Å². The Morgan fingerprint density at radius 3 is 2.62 bits per heavy atom. The molecule has 134 valence electrons. The van der Waals surface area contributed by atoms with E-state index >= 15 is 0 Å². The van der Waals surface area contributed by atoms with Crippen LogP contribution >= 0.6 is 11.6 Å². The van der Waals surface area contributed by atoms with Crippen molar-refractivity contribution in [3.8, 4) is 11.8 Å². The van der Waals surface area contributed by atoms with Crippen molar-refractivity contribution in [3.05, 3.63) is 52.5 Å². The first-order chi connectivity index (χ1) is 12.4. The summed E-state index contributed by atoms with van der Waals surface area (Å²) in [6.45, 7) is 2.93. The lowest BCUT2D eigenvalue weighted by atomic mass is 10.1. The van der Waals surface area contributed by atoms with Crippen molar-refractivity contribution in [1.29, 1.82) is 5.26 Å². The van der Waals surface area contributed by atoms with Crippen LogP contribution in [0.1, 0.15) is 18.1 Å². The summed E-state index contributed by atoms with van der Waals surface area (Å²) in [5.74, 6) is -0.368. The molecular weight excluding hydrogens is 354 g/mol. The zero-order chi connectivity index (χ0) is 19.3. The fraction of sp³-hybridized carbons (Fsp3) is 0.211. The number of carbonyl (C=O) groups excluding carboxylic acids is 2. The molecule has 0 fully saturated rings. The van der Waals surface area contributed by atoms with E-state index in [4.69, 9.17) is 21.6 Å². The fourth-order valence-corrected chi connectivity index (χ4v) is 2.57. The molecule has 7 heteroatoms. The van der Waals surface area contributed by atoms with Gasteiger partial charge in [0, 0.05) is 18.0 Å². The molecule has 2 aromatic rings. The maximum atomic E-state index is 12.4. The molecule has 0 aliphatic carbocycles. The van der Waals surface area contributed by atoms with E-state index < -0.39 is 5.91 Å². The Hall–Kier alpha value is -3.04. The first-order valence-corrected chi connectivity index (χ1v) is 8.16. The summed E-state index contributed by atoms with van der Waals surface area (Å²) in [5, 5.41) is 12.3. The normalized spacial score (nSPS) is 9.96. The van der Waals surface area contributed by atoms with Crippen LogP contribution in [0.2, 0.25) is 5.02 Å². The average Bonchev–Trinajstić information content (AvgIpc) is 2.62. The summed E-state index contributed by atoms with van der Waals surface area (Å²) in [6.07, 6.45) is 0. The van der Waals surface area contributed by atoms with Gasteiger partial charge in [0.1, 0.15) is 18.4 Å². The number of carbonyl (C=O) groups is 2. The Morgan fingerprint density at radius 1 is 1.31 bits per heavy atom. The Labute approximate surface area is 156 Å². The van der Waals surface area contributed by atoms with Gasteiger partial charge in [-0.2, -0.15) is 5.26 Å². The van der Waals surface area contributed by atoms with Gasteiger partial charge in [-0.05, 0) is 30.7 Å². The highest BCUT2D eigenvalue weighted by Crippen LogP contribution is 2.34. The molecule has 0 aromatic heterocycles. The number of nitrogens with one attached hydrogen (secondary N) is 1. The number of aryl methyl sites for hydroxylation is 1. The number of amides is 2. The molecule has 6 nitrogen and oxygen atoms in total. The average molecular weight is 372 g/mol. The van der Waals surface area contributed by atoms with Crippen molar-refractivity contribution in [2.45, 2.75) is 13.8 Å². The molecule has 0 spiro atoms. The second-order valence-electron chi connectivity index (χ2n) is 5.58. The van der Waals surface area contributed by atoms with Gasteiger partial charge in [0.05, 0.1) is 24.0 Å². The van der Waals surface area contributed by atoms with Gasteiger partial charge in [0.2, 0.25) is 11.8 Å². The zero-order valence-electron chi connectivity index (χ0n) is 14.7. The Kier molecular flexibility index (Phi) is 6.21. The topological polar surface area (TPSA) is 82.4 Å². The molecule has 2 rings (SSSR count). The van der Waals surface area contributed by atoms with Crippen molar-refractivity contribution in [2.75, 3.05) is 23.9 Å². The number of nitrogens with zero attached hydrogens (tertiary/aromatic N) is 2. The van der Waals surface area contributed by atoms with Gasteiger partial charge in [-0.1, -0.05) is 23.7 Å². The molecule has 1 N–H and O–H groups in total. The molecule has 0 unspecified atom stereocenters. The van der Waals surface area contributed by atoms with Crippen molar-refractivity contribution in [3.63, 3.8) is 0 Å². The second-order valence-corrected chi connectivity index (χ2v) is 5.99. The smallest absolute Gasteiger partial charge is 0.244 e. The molecule has 0 aliphatic heterocycles. The van der Waals surface area contributed by atoms with Crippen LogP contribution in [-0.2, 0) is 9.59 Å². The molecule has 0 atom stereocenters. The number of hydrogen-bond acceptors (Lipinski definition) is 4. The van der Waals surface area contributed by atoms with Crippen LogP contribution in [0.25, 0.3) is 0 Å². The van der Waals surface area contributed by atoms with Crippen molar-refractivity contribution < 1.29 is 14.3 Å². The molecule has 0 heterocycles. The number of halogens is 1. The maximum Gasteiger partial charge on any atom is 0.244 e. The highest BCUT2D eigenvalue weighted by atomic mass is 35.5. The Morgan fingerprint density at radius 2 is 2.00 bits per heavy atom. The third kappa shape index (κ3) is 4.32. The van der Waals surface area contributed by atoms with E-state index in [0.29, 0.717) is 27.7 Å². The van der Waals surface area contributed by atoms with Crippen molar-refractivity contribution in [1.82, 2.24) is 0 Å².